The molecule has 1 aromatic carbocycles. The van der Waals surface area contributed by atoms with Crippen molar-refractivity contribution >= 4 is 21.6 Å². The molecular formula is C12H16BrNO. The monoisotopic (exact) mass is 269 g/mol. The van der Waals surface area contributed by atoms with Crippen LogP contribution in [0.5, 0.6) is 0 Å². The summed E-state index contributed by atoms with van der Waals surface area (Å²) in [5.74, 6) is 0. The van der Waals surface area contributed by atoms with Gasteiger partial charge in [0.1, 0.15) is 0 Å². The van der Waals surface area contributed by atoms with Crippen LogP contribution in [-0.2, 0) is 10.1 Å². The van der Waals surface area contributed by atoms with Crippen molar-refractivity contribution in [3.63, 3.8) is 0 Å². The summed E-state index contributed by atoms with van der Waals surface area (Å²) in [4.78, 5) is 2.34. The molecular weight excluding hydrogens is 254 g/mol. The lowest BCUT2D eigenvalue weighted by Crippen LogP contribution is -2.32. The minimum atomic E-state index is 0.533. The SMILES string of the molecule is CN(c1ccccc1CBr)[C@H]1CCOC1. The number of ether oxygens (including phenoxy) is 1. The first-order chi connectivity index (χ1) is 7.33. The number of hydrogen-bond donors (Lipinski definition) is 0. The van der Waals surface area contributed by atoms with Crippen molar-refractivity contribution in [1.82, 2.24) is 0 Å². The van der Waals surface area contributed by atoms with Gasteiger partial charge in [0.05, 0.1) is 12.6 Å². The first-order valence-corrected chi connectivity index (χ1v) is 6.39. The number of nitrogens with zero attached hydrogens (tertiary/aromatic N) is 1. The number of hydrogen-bond acceptors (Lipinski definition) is 2. The molecule has 82 valence electrons. The average Bonchev–Trinajstić information content (AvgIpc) is 2.81. The van der Waals surface area contributed by atoms with Crippen LogP contribution in [0.15, 0.2) is 24.3 Å². The van der Waals surface area contributed by atoms with E-state index in [-0.39, 0.29) is 0 Å². The number of para-hydroxylation sites is 1. The van der Waals surface area contributed by atoms with Crippen LogP contribution in [0.25, 0.3) is 0 Å². The third-order valence-corrected chi connectivity index (χ3v) is 3.57. The van der Waals surface area contributed by atoms with Gasteiger partial charge in [-0.25, -0.2) is 0 Å². The minimum absolute atomic E-state index is 0.533. The second-order valence-electron chi connectivity index (χ2n) is 3.89. The molecule has 0 unspecified atom stereocenters. The van der Waals surface area contributed by atoms with Gasteiger partial charge >= 0.3 is 0 Å². The molecule has 0 radical (unpaired) electrons. The normalized spacial score (nSPS) is 20.5. The predicted octanol–water partition coefficient (Wildman–Crippen LogP) is 2.81. The van der Waals surface area contributed by atoms with Crippen LogP contribution in [0.4, 0.5) is 5.69 Å². The van der Waals surface area contributed by atoms with Crippen molar-refractivity contribution in [3.05, 3.63) is 29.8 Å². The predicted molar refractivity (Wildman–Crippen MR) is 66.7 cm³/mol. The quantitative estimate of drug-likeness (QED) is 0.783. The summed E-state index contributed by atoms with van der Waals surface area (Å²) in [5.41, 5.74) is 2.65. The largest absolute Gasteiger partial charge is 0.379 e. The Morgan fingerprint density at radius 1 is 1.47 bits per heavy atom. The third kappa shape index (κ3) is 2.34. The maximum atomic E-state index is 5.42. The van der Waals surface area contributed by atoms with Gasteiger partial charge in [0, 0.05) is 24.7 Å². The molecule has 0 saturated carbocycles. The van der Waals surface area contributed by atoms with Gasteiger partial charge < -0.3 is 9.64 Å². The Morgan fingerprint density at radius 2 is 2.27 bits per heavy atom. The third-order valence-electron chi connectivity index (χ3n) is 2.97. The molecule has 2 nitrogen and oxygen atoms in total. The second kappa shape index (κ2) is 4.99. The molecule has 1 saturated heterocycles. The molecule has 0 aromatic heterocycles. The lowest BCUT2D eigenvalue weighted by Gasteiger charge is -2.27. The number of benzene rings is 1. The lowest BCUT2D eigenvalue weighted by molar-refractivity contribution is 0.193. The molecule has 0 spiro atoms. The average molecular weight is 270 g/mol. The zero-order valence-electron chi connectivity index (χ0n) is 8.95. The van der Waals surface area contributed by atoms with Gasteiger partial charge in [-0.2, -0.15) is 0 Å². The van der Waals surface area contributed by atoms with Gasteiger partial charge in [0.2, 0.25) is 0 Å². The van der Waals surface area contributed by atoms with E-state index < -0.39 is 0 Å². The zero-order valence-corrected chi connectivity index (χ0v) is 10.5. The molecule has 2 rings (SSSR count). The van der Waals surface area contributed by atoms with Crippen molar-refractivity contribution in [2.75, 3.05) is 25.2 Å². The van der Waals surface area contributed by atoms with Gasteiger partial charge in [-0.15, -0.1) is 0 Å². The van der Waals surface area contributed by atoms with Gasteiger partial charge in [0.15, 0.2) is 0 Å². The van der Waals surface area contributed by atoms with Crippen molar-refractivity contribution in [1.29, 1.82) is 0 Å². The van der Waals surface area contributed by atoms with Crippen molar-refractivity contribution in [2.24, 2.45) is 0 Å². The van der Waals surface area contributed by atoms with Crippen molar-refractivity contribution < 1.29 is 4.74 Å². The number of alkyl halides is 1. The Labute approximate surface area is 99.4 Å². The summed E-state index contributed by atoms with van der Waals surface area (Å²) in [6.45, 7) is 1.75. The lowest BCUT2D eigenvalue weighted by atomic mass is 10.1. The highest BCUT2D eigenvalue weighted by Crippen LogP contribution is 2.25. The number of rotatable bonds is 3. The summed E-state index contributed by atoms with van der Waals surface area (Å²) >= 11 is 3.53. The maximum Gasteiger partial charge on any atom is 0.0670 e. The van der Waals surface area contributed by atoms with Crippen LogP contribution >= 0.6 is 15.9 Å². The minimum Gasteiger partial charge on any atom is -0.379 e. The van der Waals surface area contributed by atoms with Gasteiger partial charge in [-0.1, -0.05) is 34.1 Å². The molecule has 0 aliphatic carbocycles. The molecule has 0 N–H and O–H groups in total. The first kappa shape index (κ1) is 11.0. The van der Waals surface area contributed by atoms with E-state index in [1.807, 2.05) is 0 Å². The van der Waals surface area contributed by atoms with E-state index in [2.05, 4.69) is 52.1 Å². The molecule has 0 amide bonds. The van der Waals surface area contributed by atoms with E-state index in [9.17, 15) is 0 Å². The Balaban J connectivity index is 2.19. The summed E-state index contributed by atoms with van der Waals surface area (Å²) in [7, 11) is 2.15. The summed E-state index contributed by atoms with van der Waals surface area (Å²) < 4.78 is 5.42. The molecule has 0 bridgehead atoms. The van der Waals surface area contributed by atoms with E-state index in [1.54, 1.807) is 0 Å². The maximum absolute atomic E-state index is 5.42. The Kier molecular flexibility index (Phi) is 3.65. The van der Waals surface area contributed by atoms with Crippen LogP contribution in [0.1, 0.15) is 12.0 Å². The number of likely N-dealkylation sites (N-methyl/N-ethyl adjacent to an activating group) is 1. The van der Waals surface area contributed by atoms with Crippen LogP contribution in [-0.4, -0.2) is 26.3 Å². The second-order valence-corrected chi connectivity index (χ2v) is 4.45. The van der Waals surface area contributed by atoms with E-state index >= 15 is 0 Å². The van der Waals surface area contributed by atoms with Crippen LogP contribution in [0.2, 0.25) is 0 Å². The summed E-state index contributed by atoms with van der Waals surface area (Å²) in [6.07, 6.45) is 1.13. The molecule has 1 aromatic rings. The molecule has 1 aliphatic heterocycles. The smallest absolute Gasteiger partial charge is 0.0670 e. The van der Waals surface area contributed by atoms with Crippen LogP contribution in [0.3, 0.4) is 0 Å². The molecule has 1 fully saturated rings. The van der Waals surface area contributed by atoms with Gasteiger partial charge in [0.25, 0.3) is 0 Å². The highest BCUT2D eigenvalue weighted by molar-refractivity contribution is 9.08. The molecule has 1 heterocycles. The first-order valence-electron chi connectivity index (χ1n) is 5.27. The topological polar surface area (TPSA) is 12.5 Å². The fourth-order valence-corrected chi connectivity index (χ4v) is 2.47. The Bertz CT molecular complexity index is 323. The fourth-order valence-electron chi connectivity index (χ4n) is 1.99. The fraction of sp³-hybridized carbons (Fsp3) is 0.500. The van der Waals surface area contributed by atoms with Crippen LogP contribution < -0.4 is 4.90 Å². The molecule has 15 heavy (non-hydrogen) atoms. The van der Waals surface area contributed by atoms with Crippen molar-refractivity contribution in [3.8, 4) is 0 Å². The highest BCUT2D eigenvalue weighted by atomic mass is 79.9. The Hall–Kier alpha value is -0.540. The summed E-state index contributed by atoms with van der Waals surface area (Å²) in [6, 6.07) is 9.04. The molecule has 1 atom stereocenters. The van der Waals surface area contributed by atoms with E-state index in [0.717, 1.165) is 25.0 Å². The van der Waals surface area contributed by atoms with Crippen molar-refractivity contribution in [2.45, 2.75) is 17.8 Å². The van der Waals surface area contributed by atoms with Gasteiger partial charge in [-0.3, -0.25) is 0 Å². The Morgan fingerprint density at radius 3 is 2.93 bits per heavy atom. The van der Waals surface area contributed by atoms with E-state index in [4.69, 9.17) is 4.74 Å². The zero-order chi connectivity index (χ0) is 10.7. The molecule has 1 aliphatic rings. The number of halogens is 1. The standard InChI is InChI=1S/C12H16BrNO/c1-14(11-6-7-15-9-11)12-5-3-2-4-10(12)8-13/h2-5,11H,6-9H2,1H3/t11-/m0/s1. The van der Waals surface area contributed by atoms with E-state index in [0.29, 0.717) is 6.04 Å². The highest BCUT2D eigenvalue weighted by Gasteiger charge is 2.21. The van der Waals surface area contributed by atoms with E-state index in [1.165, 1.54) is 11.3 Å². The van der Waals surface area contributed by atoms with Crippen LogP contribution in [0, 0.1) is 0 Å². The molecule has 3 heteroatoms. The van der Waals surface area contributed by atoms with Gasteiger partial charge in [-0.05, 0) is 18.1 Å². The summed E-state index contributed by atoms with van der Waals surface area (Å²) in [5, 5.41) is 0.904. The number of anilines is 1.